The predicted octanol–water partition coefficient (Wildman–Crippen LogP) is 3.34. The normalized spacial score (nSPS) is 10.0. The minimum Gasteiger partial charge on any atom is -0.493 e. The van der Waals surface area contributed by atoms with Crippen LogP contribution in [-0.2, 0) is 4.79 Å². The lowest BCUT2D eigenvalue weighted by Crippen LogP contribution is -2.43. The van der Waals surface area contributed by atoms with Crippen molar-refractivity contribution in [2.45, 2.75) is 6.92 Å². The Bertz CT molecular complexity index is 770. The zero-order chi connectivity index (χ0) is 18.2. The maximum absolute atomic E-state index is 12.1. The van der Waals surface area contributed by atoms with E-state index in [1.54, 1.807) is 42.5 Å². The molecular formula is C17H16BrClN2O4. The van der Waals surface area contributed by atoms with Gasteiger partial charge in [-0.05, 0) is 53.2 Å². The predicted molar refractivity (Wildman–Crippen MR) is 97.9 cm³/mol. The second kappa shape index (κ2) is 9.29. The third-order valence-electron chi connectivity index (χ3n) is 3.00. The molecule has 6 nitrogen and oxygen atoms in total. The van der Waals surface area contributed by atoms with E-state index in [1.807, 2.05) is 6.92 Å². The summed E-state index contributed by atoms with van der Waals surface area (Å²) in [7, 11) is 0. The van der Waals surface area contributed by atoms with Crippen LogP contribution in [0.2, 0.25) is 5.02 Å². The monoisotopic (exact) mass is 426 g/mol. The molecule has 8 heteroatoms. The fourth-order valence-electron chi connectivity index (χ4n) is 1.90. The minimum absolute atomic E-state index is 0.270. The van der Waals surface area contributed by atoms with Gasteiger partial charge in [-0.25, -0.2) is 0 Å². The first-order valence-corrected chi connectivity index (χ1v) is 8.57. The molecule has 2 rings (SSSR count). The van der Waals surface area contributed by atoms with Crippen LogP contribution in [0.1, 0.15) is 17.3 Å². The van der Waals surface area contributed by atoms with E-state index in [1.165, 1.54) is 0 Å². The zero-order valence-corrected chi connectivity index (χ0v) is 15.7. The zero-order valence-electron chi connectivity index (χ0n) is 13.3. The number of carbonyl (C=O) groups is 2. The molecule has 0 aliphatic carbocycles. The minimum atomic E-state index is -0.510. The highest BCUT2D eigenvalue weighted by Gasteiger charge is 2.13. The molecule has 0 saturated carbocycles. The fourth-order valence-corrected chi connectivity index (χ4v) is 2.70. The van der Waals surface area contributed by atoms with Gasteiger partial charge in [-0.3, -0.25) is 20.4 Å². The van der Waals surface area contributed by atoms with Crippen LogP contribution in [0.15, 0.2) is 46.9 Å². The van der Waals surface area contributed by atoms with E-state index >= 15 is 0 Å². The summed E-state index contributed by atoms with van der Waals surface area (Å²) in [6.07, 6.45) is 0. The molecule has 0 aliphatic heterocycles. The molecule has 0 spiro atoms. The number of para-hydroxylation sites is 1. The standard InChI is InChI=1S/C17H16BrClN2O4/c1-2-24-14-6-4-3-5-12(14)17(23)21-20-16(22)10-25-15-8-7-11(19)9-13(15)18/h3-9H,2,10H2,1H3,(H,20,22)(H,21,23). The van der Waals surface area contributed by atoms with E-state index in [0.29, 0.717) is 33.2 Å². The van der Waals surface area contributed by atoms with Gasteiger partial charge in [0.2, 0.25) is 0 Å². The van der Waals surface area contributed by atoms with Crippen LogP contribution in [0.3, 0.4) is 0 Å². The van der Waals surface area contributed by atoms with Crippen molar-refractivity contribution in [3.63, 3.8) is 0 Å². The number of carbonyl (C=O) groups excluding carboxylic acids is 2. The van der Waals surface area contributed by atoms with Crippen LogP contribution < -0.4 is 20.3 Å². The summed E-state index contributed by atoms with van der Waals surface area (Å²) < 4.78 is 11.4. The Morgan fingerprint density at radius 3 is 2.56 bits per heavy atom. The molecule has 0 radical (unpaired) electrons. The number of hydrogen-bond donors (Lipinski definition) is 2. The molecule has 0 aromatic heterocycles. The molecule has 0 fully saturated rings. The number of hydrogen-bond acceptors (Lipinski definition) is 4. The van der Waals surface area contributed by atoms with Crippen LogP contribution in [0, 0.1) is 0 Å². The lowest BCUT2D eigenvalue weighted by atomic mass is 10.2. The number of benzene rings is 2. The average Bonchev–Trinajstić information content (AvgIpc) is 2.59. The Morgan fingerprint density at radius 2 is 1.84 bits per heavy atom. The molecule has 2 aromatic rings. The van der Waals surface area contributed by atoms with Gasteiger partial charge < -0.3 is 9.47 Å². The summed E-state index contributed by atoms with van der Waals surface area (Å²) in [5.41, 5.74) is 4.94. The van der Waals surface area contributed by atoms with Crippen molar-refractivity contribution in [1.82, 2.24) is 10.9 Å². The summed E-state index contributed by atoms with van der Waals surface area (Å²) in [5, 5.41) is 0.545. The van der Waals surface area contributed by atoms with Gasteiger partial charge in [0, 0.05) is 5.02 Å². The van der Waals surface area contributed by atoms with Crippen molar-refractivity contribution in [3.8, 4) is 11.5 Å². The number of rotatable bonds is 6. The summed E-state index contributed by atoms with van der Waals surface area (Å²) in [5.74, 6) is -0.0835. The van der Waals surface area contributed by atoms with E-state index in [4.69, 9.17) is 21.1 Å². The van der Waals surface area contributed by atoms with Crippen molar-refractivity contribution >= 4 is 39.3 Å². The Hall–Kier alpha value is -2.25. The second-order valence-corrected chi connectivity index (χ2v) is 6.09. The third kappa shape index (κ3) is 5.65. The molecule has 25 heavy (non-hydrogen) atoms. The van der Waals surface area contributed by atoms with Gasteiger partial charge in [0.25, 0.3) is 11.8 Å². The SMILES string of the molecule is CCOc1ccccc1C(=O)NNC(=O)COc1ccc(Cl)cc1Br. The van der Waals surface area contributed by atoms with Crippen LogP contribution in [0.25, 0.3) is 0 Å². The van der Waals surface area contributed by atoms with Gasteiger partial charge in [0.1, 0.15) is 11.5 Å². The maximum Gasteiger partial charge on any atom is 0.276 e. The first-order valence-electron chi connectivity index (χ1n) is 7.40. The molecule has 2 N–H and O–H groups in total. The highest BCUT2D eigenvalue weighted by molar-refractivity contribution is 9.10. The maximum atomic E-state index is 12.1. The smallest absolute Gasteiger partial charge is 0.276 e. The van der Waals surface area contributed by atoms with E-state index in [9.17, 15) is 9.59 Å². The Morgan fingerprint density at radius 1 is 1.08 bits per heavy atom. The van der Waals surface area contributed by atoms with Crippen LogP contribution in [0.5, 0.6) is 11.5 Å². The van der Waals surface area contributed by atoms with Crippen molar-refractivity contribution in [1.29, 1.82) is 0 Å². The number of amides is 2. The molecule has 0 heterocycles. The quantitative estimate of drug-likeness (QED) is 0.693. The topological polar surface area (TPSA) is 76.7 Å². The van der Waals surface area contributed by atoms with E-state index in [0.717, 1.165) is 0 Å². The summed E-state index contributed by atoms with van der Waals surface area (Å²) >= 11 is 9.12. The molecule has 0 atom stereocenters. The first kappa shape index (κ1) is 19.1. The van der Waals surface area contributed by atoms with Gasteiger partial charge in [0.15, 0.2) is 6.61 Å². The van der Waals surface area contributed by atoms with Gasteiger partial charge in [-0.1, -0.05) is 23.7 Å². The van der Waals surface area contributed by atoms with Gasteiger partial charge in [-0.15, -0.1) is 0 Å². The molecule has 2 aromatic carbocycles. The Balaban J connectivity index is 1.86. The van der Waals surface area contributed by atoms with Crippen LogP contribution in [-0.4, -0.2) is 25.0 Å². The van der Waals surface area contributed by atoms with E-state index in [2.05, 4.69) is 26.8 Å². The van der Waals surface area contributed by atoms with Gasteiger partial charge in [0.05, 0.1) is 16.6 Å². The van der Waals surface area contributed by atoms with Crippen LogP contribution in [0.4, 0.5) is 0 Å². The van der Waals surface area contributed by atoms with Crippen molar-refractivity contribution in [2.24, 2.45) is 0 Å². The first-order chi connectivity index (χ1) is 12.0. The third-order valence-corrected chi connectivity index (χ3v) is 3.85. The Labute approximate surface area is 158 Å². The molecule has 2 amide bonds. The molecule has 0 bridgehead atoms. The van der Waals surface area contributed by atoms with Crippen LogP contribution >= 0.6 is 27.5 Å². The highest BCUT2D eigenvalue weighted by Crippen LogP contribution is 2.27. The largest absolute Gasteiger partial charge is 0.493 e. The Kier molecular flexibility index (Phi) is 7.09. The molecule has 0 unspecified atom stereocenters. The lowest BCUT2D eigenvalue weighted by molar-refractivity contribution is -0.123. The number of ether oxygens (including phenoxy) is 2. The summed E-state index contributed by atoms with van der Waals surface area (Å²) in [6.45, 7) is 1.98. The second-order valence-electron chi connectivity index (χ2n) is 4.79. The fraction of sp³-hybridized carbons (Fsp3) is 0.176. The molecule has 0 aliphatic rings. The number of hydrazine groups is 1. The average molecular weight is 428 g/mol. The lowest BCUT2D eigenvalue weighted by Gasteiger charge is -2.12. The van der Waals surface area contributed by atoms with Crippen molar-refractivity contribution in [3.05, 3.63) is 57.5 Å². The van der Waals surface area contributed by atoms with Crippen molar-refractivity contribution < 1.29 is 19.1 Å². The van der Waals surface area contributed by atoms with Crippen molar-refractivity contribution in [2.75, 3.05) is 13.2 Å². The molecule has 132 valence electrons. The highest BCUT2D eigenvalue weighted by atomic mass is 79.9. The summed E-state index contributed by atoms with van der Waals surface area (Å²) in [6, 6.07) is 11.7. The number of halogens is 2. The van der Waals surface area contributed by atoms with Gasteiger partial charge >= 0.3 is 0 Å². The summed E-state index contributed by atoms with van der Waals surface area (Å²) in [4.78, 5) is 24.0. The van der Waals surface area contributed by atoms with E-state index < -0.39 is 11.8 Å². The van der Waals surface area contributed by atoms with E-state index in [-0.39, 0.29) is 6.61 Å². The molecule has 0 saturated heterocycles. The van der Waals surface area contributed by atoms with Gasteiger partial charge in [-0.2, -0.15) is 0 Å². The number of nitrogens with one attached hydrogen (secondary N) is 2. The molecular weight excluding hydrogens is 412 g/mol.